The van der Waals surface area contributed by atoms with Crippen molar-refractivity contribution in [1.82, 2.24) is 15.6 Å². The third kappa shape index (κ3) is 4.65. The summed E-state index contributed by atoms with van der Waals surface area (Å²) in [6.45, 7) is 9.56. The molecule has 0 fully saturated rings. The van der Waals surface area contributed by atoms with E-state index in [1.807, 2.05) is 38.1 Å². The molecule has 0 amide bonds. The first-order valence-corrected chi connectivity index (χ1v) is 10.5. The topological polar surface area (TPSA) is 71.7 Å². The van der Waals surface area contributed by atoms with Crippen LogP contribution in [-0.4, -0.2) is 24.6 Å². The maximum atomic E-state index is 6.07. The van der Waals surface area contributed by atoms with Gasteiger partial charge < -0.3 is 19.8 Å². The fourth-order valence-corrected chi connectivity index (χ4v) is 3.69. The first-order valence-electron chi connectivity index (χ1n) is 9.58. The Morgan fingerprint density at radius 2 is 2.14 bits per heavy atom. The van der Waals surface area contributed by atoms with Gasteiger partial charge in [-0.25, -0.2) is 4.98 Å². The van der Waals surface area contributed by atoms with Crippen molar-refractivity contribution in [2.45, 2.75) is 46.2 Å². The molecule has 0 spiro atoms. The second kappa shape index (κ2) is 9.10. The Bertz CT molecular complexity index is 945. The molecule has 150 valence electrons. The molecule has 2 N–H and O–H groups in total. The molecule has 6 nitrogen and oxygen atoms in total. The molecule has 2 heterocycles. The highest BCUT2D eigenvalue weighted by Crippen LogP contribution is 2.31. The average Bonchev–Trinajstić information content (AvgIpc) is 3.32. The lowest BCUT2D eigenvalue weighted by Crippen LogP contribution is -2.38. The Balaban J connectivity index is 1.65. The van der Waals surface area contributed by atoms with Crippen LogP contribution in [0.2, 0.25) is 0 Å². The van der Waals surface area contributed by atoms with E-state index in [4.69, 9.17) is 9.15 Å². The van der Waals surface area contributed by atoms with Crippen molar-refractivity contribution in [3.8, 4) is 5.75 Å². The van der Waals surface area contributed by atoms with Gasteiger partial charge in [-0.2, -0.15) is 0 Å². The second-order valence-electron chi connectivity index (χ2n) is 6.88. The van der Waals surface area contributed by atoms with Crippen LogP contribution in [0.15, 0.2) is 39.1 Å². The molecular weight excluding hydrogens is 372 g/mol. The number of guanidine groups is 1. The highest BCUT2D eigenvalue weighted by atomic mass is 32.1. The number of aromatic nitrogens is 1. The standard InChI is InChI=1S/C21H28N4O2S/c1-6-26-17-9-7-8-15-10-18(27-19(15)17)14(4)24-21(22-5)23-11-16-12-28-20(25-16)13(2)3/h7-10,12-14H,6,11H2,1-5H3,(H2,22,23,24). The summed E-state index contributed by atoms with van der Waals surface area (Å²) in [5, 5.41) is 11.0. The summed E-state index contributed by atoms with van der Waals surface area (Å²) in [4.78, 5) is 8.97. The summed E-state index contributed by atoms with van der Waals surface area (Å²) in [5.41, 5.74) is 1.80. The molecular formula is C21H28N4O2S. The molecule has 1 aromatic carbocycles. The van der Waals surface area contributed by atoms with E-state index in [1.54, 1.807) is 18.4 Å². The number of fused-ring (bicyclic) bond motifs is 1. The number of para-hydroxylation sites is 1. The zero-order valence-electron chi connectivity index (χ0n) is 17.1. The van der Waals surface area contributed by atoms with Crippen LogP contribution in [0.3, 0.4) is 0 Å². The highest BCUT2D eigenvalue weighted by molar-refractivity contribution is 7.09. The van der Waals surface area contributed by atoms with Crippen molar-refractivity contribution in [2.75, 3.05) is 13.7 Å². The van der Waals surface area contributed by atoms with Crippen LogP contribution in [0, 0.1) is 0 Å². The summed E-state index contributed by atoms with van der Waals surface area (Å²) in [7, 11) is 1.76. The number of nitrogens with zero attached hydrogens (tertiary/aromatic N) is 2. The molecule has 0 aliphatic heterocycles. The monoisotopic (exact) mass is 400 g/mol. The number of furan rings is 1. The van der Waals surface area contributed by atoms with Crippen LogP contribution in [-0.2, 0) is 6.54 Å². The van der Waals surface area contributed by atoms with E-state index >= 15 is 0 Å². The van der Waals surface area contributed by atoms with Crippen LogP contribution in [0.1, 0.15) is 56.1 Å². The number of benzene rings is 1. The molecule has 7 heteroatoms. The van der Waals surface area contributed by atoms with Crippen molar-refractivity contribution >= 4 is 28.3 Å². The number of hydrogen-bond donors (Lipinski definition) is 2. The smallest absolute Gasteiger partial charge is 0.191 e. The lowest BCUT2D eigenvalue weighted by molar-refractivity contribution is 0.336. The van der Waals surface area contributed by atoms with Crippen LogP contribution in [0.4, 0.5) is 0 Å². The van der Waals surface area contributed by atoms with Crippen molar-refractivity contribution in [3.63, 3.8) is 0 Å². The molecule has 2 aromatic heterocycles. The minimum absolute atomic E-state index is 0.0465. The van der Waals surface area contributed by atoms with Gasteiger partial charge in [0.05, 0.1) is 29.9 Å². The maximum absolute atomic E-state index is 6.07. The lowest BCUT2D eigenvalue weighted by Gasteiger charge is -2.15. The van der Waals surface area contributed by atoms with Crippen LogP contribution < -0.4 is 15.4 Å². The van der Waals surface area contributed by atoms with Gasteiger partial charge in [-0.05, 0) is 26.0 Å². The van der Waals surface area contributed by atoms with Crippen molar-refractivity contribution in [1.29, 1.82) is 0 Å². The number of aliphatic imine (C=N–C) groups is 1. The predicted octanol–water partition coefficient (Wildman–Crippen LogP) is 4.84. The van der Waals surface area contributed by atoms with Crippen LogP contribution in [0.5, 0.6) is 5.75 Å². The Hall–Kier alpha value is -2.54. The SMILES string of the molecule is CCOc1cccc2cc(C(C)NC(=NC)NCc3csc(C(C)C)n3)oc12. The predicted molar refractivity (Wildman–Crippen MR) is 115 cm³/mol. The van der Waals surface area contributed by atoms with Gasteiger partial charge in [0, 0.05) is 23.7 Å². The zero-order valence-corrected chi connectivity index (χ0v) is 17.9. The number of rotatable bonds is 7. The normalized spacial score (nSPS) is 13.1. The van der Waals surface area contributed by atoms with Gasteiger partial charge in [0.15, 0.2) is 17.3 Å². The third-order valence-electron chi connectivity index (χ3n) is 4.33. The van der Waals surface area contributed by atoms with Gasteiger partial charge in [0.1, 0.15) is 5.76 Å². The van der Waals surface area contributed by atoms with Gasteiger partial charge in [0.25, 0.3) is 0 Å². The fourth-order valence-electron chi connectivity index (χ4n) is 2.85. The molecule has 0 aliphatic rings. The van der Waals surface area contributed by atoms with Gasteiger partial charge >= 0.3 is 0 Å². The van der Waals surface area contributed by atoms with Crippen molar-refractivity contribution in [3.05, 3.63) is 46.1 Å². The van der Waals surface area contributed by atoms with Crippen LogP contribution >= 0.6 is 11.3 Å². The first-order chi connectivity index (χ1) is 13.5. The van der Waals surface area contributed by atoms with E-state index < -0.39 is 0 Å². The molecule has 3 rings (SSSR count). The van der Waals surface area contributed by atoms with Gasteiger partial charge in [-0.15, -0.1) is 11.3 Å². The van der Waals surface area contributed by atoms with Gasteiger partial charge in [0.2, 0.25) is 0 Å². The summed E-state index contributed by atoms with van der Waals surface area (Å²) in [5.74, 6) is 2.76. The van der Waals surface area contributed by atoms with Gasteiger partial charge in [-0.1, -0.05) is 26.0 Å². The molecule has 3 aromatic rings. The number of nitrogens with one attached hydrogen (secondary N) is 2. The number of thiazole rings is 1. The van der Waals surface area contributed by atoms with E-state index in [9.17, 15) is 0 Å². The number of hydrogen-bond acceptors (Lipinski definition) is 5. The minimum atomic E-state index is -0.0465. The number of ether oxygens (including phenoxy) is 1. The summed E-state index contributed by atoms with van der Waals surface area (Å²) >= 11 is 1.70. The van der Waals surface area contributed by atoms with Gasteiger partial charge in [-0.3, -0.25) is 4.99 Å². The molecule has 0 bridgehead atoms. The Labute approximate surface area is 170 Å². The van der Waals surface area contributed by atoms with E-state index in [-0.39, 0.29) is 6.04 Å². The quantitative estimate of drug-likeness (QED) is 0.439. The van der Waals surface area contributed by atoms with Crippen molar-refractivity contribution < 1.29 is 9.15 Å². The molecule has 1 atom stereocenters. The third-order valence-corrected chi connectivity index (χ3v) is 5.52. The van der Waals surface area contributed by atoms with E-state index in [1.165, 1.54) is 0 Å². The summed E-state index contributed by atoms with van der Waals surface area (Å²) in [6.07, 6.45) is 0. The molecule has 1 unspecified atom stereocenters. The Morgan fingerprint density at radius 1 is 1.32 bits per heavy atom. The Kier molecular flexibility index (Phi) is 6.57. The average molecular weight is 401 g/mol. The van der Waals surface area contributed by atoms with Crippen LogP contribution in [0.25, 0.3) is 11.0 Å². The molecule has 0 saturated heterocycles. The second-order valence-corrected chi connectivity index (χ2v) is 7.77. The fraction of sp³-hybridized carbons (Fsp3) is 0.429. The van der Waals surface area contributed by atoms with E-state index in [2.05, 4.69) is 39.8 Å². The lowest BCUT2D eigenvalue weighted by atomic mass is 10.2. The minimum Gasteiger partial charge on any atom is -0.490 e. The van der Waals surface area contributed by atoms with E-state index in [0.29, 0.717) is 25.0 Å². The zero-order chi connectivity index (χ0) is 20.1. The molecule has 0 aliphatic carbocycles. The summed E-state index contributed by atoms with van der Waals surface area (Å²) in [6, 6.07) is 7.92. The highest BCUT2D eigenvalue weighted by Gasteiger charge is 2.16. The Morgan fingerprint density at radius 3 is 2.82 bits per heavy atom. The largest absolute Gasteiger partial charge is 0.490 e. The van der Waals surface area contributed by atoms with Crippen molar-refractivity contribution in [2.24, 2.45) is 4.99 Å². The molecule has 0 saturated carbocycles. The first kappa shape index (κ1) is 20.2. The van der Waals surface area contributed by atoms with E-state index in [0.717, 1.165) is 33.2 Å². The maximum Gasteiger partial charge on any atom is 0.191 e. The molecule has 0 radical (unpaired) electrons. The molecule has 28 heavy (non-hydrogen) atoms. The summed E-state index contributed by atoms with van der Waals surface area (Å²) < 4.78 is 11.7.